The zero-order valence-corrected chi connectivity index (χ0v) is 34.5. The highest BCUT2D eigenvalue weighted by Crippen LogP contribution is 2.41. The second-order valence-corrected chi connectivity index (χ2v) is 15.8. The normalized spacial score (nSPS) is 12.1. The van der Waals surface area contributed by atoms with Crippen molar-refractivity contribution in [3.63, 3.8) is 0 Å². The van der Waals surface area contributed by atoms with Gasteiger partial charge in [0.2, 0.25) is 0 Å². The van der Waals surface area contributed by atoms with E-state index in [-0.39, 0.29) is 35.4 Å². The molecule has 0 unspecified atom stereocenters. The van der Waals surface area contributed by atoms with E-state index < -0.39 is 0 Å². The van der Waals surface area contributed by atoms with Gasteiger partial charge in [-0.25, -0.2) is 0 Å². The Balaban J connectivity index is 1.06. The van der Waals surface area contributed by atoms with Crippen LogP contribution in [-0.4, -0.2) is 0 Å². The van der Waals surface area contributed by atoms with E-state index >= 15 is 0 Å². The fraction of sp³-hybridized carbons (Fsp3) is 0. The van der Waals surface area contributed by atoms with Gasteiger partial charge in [0.15, 0.2) is 0 Å². The maximum atomic E-state index is 9.82. The van der Waals surface area contributed by atoms with Crippen LogP contribution in [0.25, 0.3) is 88.3 Å². The van der Waals surface area contributed by atoms with Crippen LogP contribution in [0, 0.1) is 0 Å². The average molecular weight is 806 g/mol. The predicted octanol–water partition coefficient (Wildman–Crippen LogP) is 17.5. The number of nitrogens with zero attached hydrogens (tertiary/aromatic N) is 1. The molecule has 11 aromatic carbocycles. The molecule has 0 bridgehead atoms. The van der Waals surface area contributed by atoms with Crippen molar-refractivity contribution in [2.75, 3.05) is 4.90 Å². The van der Waals surface area contributed by atoms with Crippen LogP contribution < -0.4 is 4.90 Å². The number of hydrogen-bond donors (Lipinski definition) is 0. The summed E-state index contributed by atoms with van der Waals surface area (Å²) >= 11 is 0. The monoisotopic (exact) mass is 805 g/mol. The van der Waals surface area contributed by atoms with Crippen LogP contribution in [0.2, 0.25) is 0 Å². The fourth-order valence-corrected chi connectivity index (χ4v) is 8.80. The number of hydrogen-bond acceptors (Lipinski definition) is 1. The molecule has 11 rings (SSSR count). The van der Waals surface area contributed by atoms with Crippen LogP contribution in [-0.2, 0) is 0 Å². The molecular formula is C62H43N. The minimum Gasteiger partial charge on any atom is -0.311 e. The zero-order chi connectivity index (χ0) is 45.4. The average Bonchev–Trinajstić information content (AvgIpc) is 3.40. The summed E-state index contributed by atoms with van der Waals surface area (Å²) in [5, 5.41) is 4.70. The summed E-state index contributed by atoms with van der Waals surface area (Å²) in [6.07, 6.45) is 0. The first-order chi connectivity index (χ1) is 32.9. The lowest BCUT2D eigenvalue weighted by Crippen LogP contribution is -2.09. The van der Waals surface area contributed by atoms with Crippen LogP contribution in [0.3, 0.4) is 0 Å². The molecule has 0 saturated heterocycles. The Morgan fingerprint density at radius 1 is 0.238 bits per heavy atom. The maximum Gasteiger partial charge on any atom is 0.0645 e. The molecule has 0 N–H and O–H groups in total. The molecule has 1 nitrogen and oxygen atoms in total. The lowest BCUT2D eigenvalue weighted by atomic mass is 9.91. The van der Waals surface area contributed by atoms with E-state index in [4.69, 9.17) is 0 Å². The van der Waals surface area contributed by atoms with Gasteiger partial charge >= 0.3 is 0 Å². The van der Waals surface area contributed by atoms with E-state index in [1.54, 1.807) is 0 Å². The minimum atomic E-state index is -0.134. The molecule has 0 aliphatic heterocycles. The molecule has 0 aliphatic carbocycles. The highest BCUT2D eigenvalue weighted by Gasteiger charge is 2.16. The van der Waals surface area contributed by atoms with E-state index in [9.17, 15) is 5.48 Å². The Bertz CT molecular complexity index is 3570. The van der Waals surface area contributed by atoms with E-state index in [0.717, 1.165) is 60.8 Å². The van der Waals surface area contributed by atoms with Crippen LogP contribution in [0.1, 0.15) is 5.48 Å². The third kappa shape index (κ3) is 7.47. The molecule has 63 heavy (non-hydrogen) atoms. The standard InChI is InChI=1S/C62H43N/c1-3-14-44(15-4-1)52-34-41-61(46-16-5-2-6-17-46)62(43-52)50-32-39-56(40-33-50)63(55-37-30-49(31-38-55)59-26-12-20-47-18-7-9-24-57(47)59)54-35-28-45(29-36-54)51-22-11-23-53(42-51)60-27-13-21-48-19-8-10-25-58(48)60/h1-43H/i32D,33D,39D,40D. The fourth-order valence-electron chi connectivity index (χ4n) is 8.80. The highest BCUT2D eigenvalue weighted by molar-refractivity contribution is 5.98. The molecule has 11 aromatic rings. The van der Waals surface area contributed by atoms with Gasteiger partial charge in [-0.05, 0) is 137 Å². The third-order valence-electron chi connectivity index (χ3n) is 12.0. The smallest absolute Gasteiger partial charge is 0.0645 e. The highest BCUT2D eigenvalue weighted by atomic mass is 15.1. The van der Waals surface area contributed by atoms with Crippen molar-refractivity contribution in [3.8, 4) is 66.8 Å². The van der Waals surface area contributed by atoms with Gasteiger partial charge in [-0.15, -0.1) is 0 Å². The van der Waals surface area contributed by atoms with Crippen molar-refractivity contribution < 1.29 is 5.48 Å². The number of anilines is 3. The molecule has 0 atom stereocenters. The largest absolute Gasteiger partial charge is 0.311 e. The van der Waals surface area contributed by atoms with Gasteiger partial charge in [0.05, 0.1) is 5.48 Å². The second kappa shape index (κ2) is 16.7. The van der Waals surface area contributed by atoms with E-state index in [0.29, 0.717) is 16.9 Å². The van der Waals surface area contributed by atoms with E-state index in [2.05, 4.69) is 133 Å². The third-order valence-corrected chi connectivity index (χ3v) is 12.0. The van der Waals surface area contributed by atoms with Gasteiger partial charge in [0.25, 0.3) is 0 Å². The molecular weight excluding hydrogens is 759 g/mol. The van der Waals surface area contributed by atoms with Gasteiger partial charge in [-0.3, -0.25) is 0 Å². The molecule has 0 saturated carbocycles. The predicted molar refractivity (Wildman–Crippen MR) is 269 cm³/mol. The van der Waals surface area contributed by atoms with Crippen LogP contribution in [0.5, 0.6) is 0 Å². The van der Waals surface area contributed by atoms with Gasteiger partial charge in [-0.1, -0.05) is 212 Å². The van der Waals surface area contributed by atoms with Crippen molar-refractivity contribution in [2.24, 2.45) is 0 Å². The van der Waals surface area contributed by atoms with Crippen LogP contribution >= 0.6 is 0 Å². The first-order valence-corrected chi connectivity index (χ1v) is 21.3. The molecule has 0 heterocycles. The number of benzene rings is 11. The quantitative estimate of drug-likeness (QED) is 0.140. The van der Waals surface area contributed by atoms with Gasteiger partial charge in [0, 0.05) is 17.1 Å². The van der Waals surface area contributed by atoms with E-state index in [1.807, 2.05) is 108 Å². The molecule has 0 radical (unpaired) electrons. The Labute approximate surface area is 375 Å². The summed E-state index contributed by atoms with van der Waals surface area (Å²) < 4.78 is 39.2. The maximum absolute atomic E-state index is 9.82. The van der Waals surface area contributed by atoms with Gasteiger partial charge in [0.1, 0.15) is 0 Å². The molecule has 0 fully saturated rings. The van der Waals surface area contributed by atoms with E-state index in [1.165, 1.54) is 16.3 Å². The second-order valence-electron chi connectivity index (χ2n) is 15.8. The van der Waals surface area contributed by atoms with Crippen LogP contribution in [0.15, 0.2) is 261 Å². The summed E-state index contributed by atoms with van der Waals surface area (Å²) in [4.78, 5) is 1.87. The summed E-state index contributed by atoms with van der Waals surface area (Å²) in [7, 11) is 0. The first-order valence-electron chi connectivity index (χ1n) is 23.3. The molecule has 0 amide bonds. The summed E-state index contributed by atoms with van der Waals surface area (Å²) in [6, 6.07) is 80.0. The van der Waals surface area contributed by atoms with Crippen molar-refractivity contribution in [2.45, 2.75) is 0 Å². The molecule has 1 heteroatoms. The Morgan fingerprint density at radius 3 is 1.30 bits per heavy atom. The Morgan fingerprint density at radius 2 is 0.667 bits per heavy atom. The van der Waals surface area contributed by atoms with Crippen LogP contribution in [0.4, 0.5) is 17.1 Å². The molecule has 296 valence electrons. The van der Waals surface area contributed by atoms with Gasteiger partial charge in [-0.2, -0.15) is 0 Å². The van der Waals surface area contributed by atoms with Crippen molar-refractivity contribution in [1.82, 2.24) is 0 Å². The summed E-state index contributed by atoms with van der Waals surface area (Å²) in [5.74, 6) is 0. The van der Waals surface area contributed by atoms with Crippen molar-refractivity contribution in [1.29, 1.82) is 0 Å². The van der Waals surface area contributed by atoms with Crippen molar-refractivity contribution in [3.05, 3.63) is 261 Å². The lowest BCUT2D eigenvalue weighted by Gasteiger charge is -2.26. The lowest BCUT2D eigenvalue weighted by molar-refractivity contribution is 1.28. The molecule has 0 aliphatic rings. The minimum absolute atomic E-state index is 0.113. The Hall–Kier alpha value is -8.26. The topological polar surface area (TPSA) is 3.24 Å². The summed E-state index contributed by atoms with van der Waals surface area (Å²) in [5.41, 5.74) is 12.6. The zero-order valence-electron chi connectivity index (χ0n) is 38.5. The van der Waals surface area contributed by atoms with Gasteiger partial charge < -0.3 is 4.90 Å². The number of rotatable bonds is 9. The number of fused-ring (bicyclic) bond motifs is 2. The molecule has 0 aromatic heterocycles. The SMILES string of the molecule is [2H]c1c([2H])c(N(c2ccc(-c3cccc(-c4cccc5ccccc45)c3)cc2)c2ccc(-c3cccc4ccccc34)cc2)c([2H])c([2H])c1-c1cc(-c2ccccc2)ccc1-c1ccccc1. The Kier molecular flexibility index (Phi) is 8.84. The summed E-state index contributed by atoms with van der Waals surface area (Å²) in [6.45, 7) is 0. The molecule has 0 spiro atoms. The first kappa shape index (κ1) is 33.5. The van der Waals surface area contributed by atoms with Crippen molar-refractivity contribution >= 4 is 38.6 Å².